The van der Waals surface area contributed by atoms with Crippen molar-refractivity contribution >= 4 is 17.3 Å². The monoisotopic (exact) mass is 441 g/mol. The molecule has 3 aromatic rings. The number of aromatic nitrogens is 4. The normalized spacial score (nSPS) is 16.1. The lowest BCUT2D eigenvalue weighted by Gasteiger charge is -2.25. The van der Waals surface area contributed by atoms with Crippen LogP contribution in [0.3, 0.4) is 0 Å². The highest BCUT2D eigenvalue weighted by molar-refractivity contribution is 7.13. The van der Waals surface area contributed by atoms with Crippen LogP contribution in [0.15, 0.2) is 34.6 Å². The molecular formula is C21H27N7O2S. The van der Waals surface area contributed by atoms with Gasteiger partial charge in [-0.05, 0) is 30.7 Å². The van der Waals surface area contributed by atoms with Crippen molar-refractivity contribution in [2.24, 2.45) is 4.99 Å². The maximum Gasteiger partial charge on any atom is 0.191 e. The molecule has 1 unspecified atom stereocenters. The lowest BCUT2D eigenvalue weighted by molar-refractivity contribution is 0.177. The van der Waals surface area contributed by atoms with E-state index in [0.717, 1.165) is 59.0 Å². The molecule has 3 heterocycles. The van der Waals surface area contributed by atoms with Crippen molar-refractivity contribution in [3.05, 3.63) is 47.0 Å². The Morgan fingerprint density at radius 2 is 2.10 bits per heavy atom. The summed E-state index contributed by atoms with van der Waals surface area (Å²) in [6, 6.07) is 8.18. The van der Waals surface area contributed by atoms with Gasteiger partial charge in [0.15, 0.2) is 11.8 Å². The molecular weight excluding hydrogens is 414 g/mol. The molecule has 164 valence electrons. The van der Waals surface area contributed by atoms with Gasteiger partial charge < -0.3 is 20.1 Å². The molecule has 0 radical (unpaired) electrons. The molecule has 0 fully saturated rings. The third kappa shape index (κ3) is 5.20. The van der Waals surface area contributed by atoms with E-state index in [0.29, 0.717) is 13.2 Å². The topological polar surface area (TPSA) is 98.5 Å². The number of aliphatic imine (C=N–C) groups is 1. The summed E-state index contributed by atoms with van der Waals surface area (Å²) in [6.07, 6.45) is 1.85. The van der Waals surface area contributed by atoms with Crippen molar-refractivity contribution in [2.45, 2.75) is 38.6 Å². The third-order valence-electron chi connectivity index (χ3n) is 5.07. The summed E-state index contributed by atoms with van der Waals surface area (Å²) in [7, 11) is 5.10. The standard InChI is InChI=1S/C21H27N7O2S/c1-22-21(25-15-6-9-19-26-18(12-29-2)27-28(19)11-15)23-10-16-13-31-20(24-16)14-4-7-17(30-3)8-5-14/h4-5,7-8,13,15H,6,9-12H2,1-3H3,(H2,22,23,25). The molecule has 0 saturated heterocycles. The van der Waals surface area contributed by atoms with Crippen molar-refractivity contribution in [2.75, 3.05) is 21.3 Å². The maximum absolute atomic E-state index is 5.22. The van der Waals surface area contributed by atoms with E-state index in [-0.39, 0.29) is 6.04 Å². The minimum atomic E-state index is 0.237. The van der Waals surface area contributed by atoms with Crippen LogP contribution in [-0.4, -0.2) is 53.0 Å². The van der Waals surface area contributed by atoms with Gasteiger partial charge in [0.05, 0.1) is 25.9 Å². The van der Waals surface area contributed by atoms with E-state index in [4.69, 9.17) is 14.5 Å². The molecule has 1 atom stereocenters. The number of aryl methyl sites for hydroxylation is 1. The Morgan fingerprint density at radius 3 is 2.84 bits per heavy atom. The Labute approximate surface area is 185 Å². The number of rotatable bonds is 7. The van der Waals surface area contributed by atoms with Crippen LogP contribution >= 0.6 is 11.3 Å². The maximum atomic E-state index is 5.22. The van der Waals surface area contributed by atoms with E-state index in [1.807, 2.05) is 28.9 Å². The zero-order valence-corrected chi connectivity index (χ0v) is 18.8. The molecule has 10 heteroatoms. The second-order valence-electron chi connectivity index (χ2n) is 7.24. The number of benzene rings is 1. The van der Waals surface area contributed by atoms with Gasteiger partial charge in [0.1, 0.15) is 23.2 Å². The van der Waals surface area contributed by atoms with E-state index in [2.05, 4.69) is 31.1 Å². The number of ether oxygens (including phenoxy) is 2. The predicted octanol–water partition coefficient (Wildman–Crippen LogP) is 2.24. The molecule has 0 saturated carbocycles. The van der Waals surface area contributed by atoms with E-state index < -0.39 is 0 Å². The first-order valence-electron chi connectivity index (χ1n) is 10.2. The fourth-order valence-electron chi connectivity index (χ4n) is 3.49. The van der Waals surface area contributed by atoms with Gasteiger partial charge in [0.25, 0.3) is 0 Å². The number of methoxy groups -OCH3 is 2. The summed E-state index contributed by atoms with van der Waals surface area (Å²) in [6.45, 7) is 1.80. The number of nitrogens with zero attached hydrogens (tertiary/aromatic N) is 5. The Balaban J connectivity index is 1.31. The van der Waals surface area contributed by atoms with Crippen molar-refractivity contribution in [1.82, 2.24) is 30.4 Å². The van der Waals surface area contributed by atoms with Gasteiger partial charge in [-0.2, -0.15) is 5.10 Å². The first-order chi connectivity index (χ1) is 15.2. The van der Waals surface area contributed by atoms with Crippen LogP contribution in [0, 0.1) is 0 Å². The molecule has 9 nitrogen and oxygen atoms in total. The van der Waals surface area contributed by atoms with Crippen molar-refractivity contribution < 1.29 is 9.47 Å². The first kappa shape index (κ1) is 21.3. The second kappa shape index (κ2) is 9.88. The zero-order chi connectivity index (χ0) is 21.6. The van der Waals surface area contributed by atoms with Crippen LogP contribution in [0.2, 0.25) is 0 Å². The van der Waals surface area contributed by atoms with Gasteiger partial charge in [-0.1, -0.05) is 0 Å². The Hall–Kier alpha value is -2.98. The molecule has 0 bridgehead atoms. The summed E-state index contributed by atoms with van der Waals surface area (Å²) in [4.78, 5) is 13.6. The van der Waals surface area contributed by atoms with Gasteiger partial charge in [0, 0.05) is 37.6 Å². The number of nitrogens with one attached hydrogen (secondary N) is 2. The predicted molar refractivity (Wildman–Crippen MR) is 120 cm³/mol. The Morgan fingerprint density at radius 1 is 1.26 bits per heavy atom. The van der Waals surface area contributed by atoms with E-state index in [1.165, 1.54) is 0 Å². The molecule has 1 aliphatic rings. The lowest BCUT2D eigenvalue weighted by atomic mass is 10.1. The fraction of sp³-hybridized carbons (Fsp3) is 0.429. The van der Waals surface area contributed by atoms with Crippen molar-refractivity contribution in [3.63, 3.8) is 0 Å². The van der Waals surface area contributed by atoms with E-state index in [1.54, 1.807) is 32.6 Å². The van der Waals surface area contributed by atoms with Gasteiger partial charge in [-0.15, -0.1) is 11.3 Å². The van der Waals surface area contributed by atoms with Crippen LogP contribution in [-0.2, 0) is 30.9 Å². The average Bonchev–Trinajstić information content (AvgIpc) is 3.43. The highest BCUT2D eigenvalue weighted by atomic mass is 32.1. The molecule has 4 rings (SSSR count). The summed E-state index contributed by atoms with van der Waals surface area (Å²) < 4.78 is 12.3. The molecule has 2 aromatic heterocycles. The van der Waals surface area contributed by atoms with E-state index in [9.17, 15) is 0 Å². The summed E-state index contributed by atoms with van der Waals surface area (Å²) >= 11 is 1.63. The third-order valence-corrected chi connectivity index (χ3v) is 6.01. The van der Waals surface area contributed by atoms with Gasteiger partial charge in [0.2, 0.25) is 0 Å². The van der Waals surface area contributed by atoms with Gasteiger partial charge in [-0.25, -0.2) is 14.6 Å². The molecule has 0 aliphatic carbocycles. The summed E-state index contributed by atoms with van der Waals surface area (Å²) in [5.41, 5.74) is 2.06. The van der Waals surface area contributed by atoms with Crippen molar-refractivity contribution in [3.8, 4) is 16.3 Å². The average molecular weight is 442 g/mol. The molecule has 1 aliphatic heterocycles. The SMILES string of the molecule is CN=C(NCc1csc(-c2ccc(OC)cc2)n1)NC1CCc2nc(COC)nn2C1. The largest absolute Gasteiger partial charge is 0.497 e. The number of hydrogen-bond acceptors (Lipinski definition) is 7. The van der Waals surface area contributed by atoms with E-state index >= 15 is 0 Å². The lowest BCUT2D eigenvalue weighted by Crippen LogP contribution is -2.46. The smallest absolute Gasteiger partial charge is 0.191 e. The minimum Gasteiger partial charge on any atom is -0.497 e. The number of thiazole rings is 1. The number of hydrogen-bond donors (Lipinski definition) is 2. The fourth-order valence-corrected chi connectivity index (χ4v) is 4.31. The number of guanidine groups is 1. The molecule has 0 amide bonds. The van der Waals surface area contributed by atoms with Crippen LogP contribution in [0.1, 0.15) is 23.8 Å². The van der Waals surface area contributed by atoms with Gasteiger partial charge in [-0.3, -0.25) is 4.99 Å². The van der Waals surface area contributed by atoms with Crippen LogP contribution in [0.4, 0.5) is 0 Å². The molecule has 1 aromatic carbocycles. The zero-order valence-electron chi connectivity index (χ0n) is 18.0. The first-order valence-corrected chi connectivity index (χ1v) is 11.0. The summed E-state index contributed by atoms with van der Waals surface area (Å²) in [5, 5.41) is 14.4. The minimum absolute atomic E-state index is 0.237. The van der Waals surface area contributed by atoms with Crippen LogP contribution < -0.4 is 15.4 Å². The second-order valence-corrected chi connectivity index (χ2v) is 8.10. The van der Waals surface area contributed by atoms with Gasteiger partial charge >= 0.3 is 0 Å². The highest BCUT2D eigenvalue weighted by Gasteiger charge is 2.22. The number of fused-ring (bicyclic) bond motifs is 1. The molecule has 31 heavy (non-hydrogen) atoms. The highest BCUT2D eigenvalue weighted by Crippen LogP contribution is 2.25. The Kier molecular flexibility index (Phi) is 6.78. The molecule has 0 spiro atoms. The van der Waals surface area contributed by atoms with Crippen molar-refractivity contribution in [1.29, 1.82) is 0 Å². The molecule has 2 N–H and O–H groups in total. The summed E-state index contributed by atoms with van der Waals surface area (Å²) in [5.74, 6) is 3.34. The quantitative estimate of drug-likeness (QED) is 0.429. The van der Waals surface area contributed by atoms with Crippen LogP contribution in [0.5, 0.6) is 5.75 Å². The Bertz CT molecular complexity index is 1030. The van der Waals surface area contributed by atoms with Crippen LogP contribution in [0.25, 0.3) is 10.6 Å².